The fourth-order valence-electron chi connectivity index (χ4n) is 2.79. The molecule has 2 N–H and O–H groups in total. The van der Waals surface area contributed by atoms with Crippen LogP contribution in [0.1, 0.15) is 32.0 Å². The van der Waals surface area contributed by atoms with E-state index in [0.717, 1.165) is 42.0 Å². The molecule has 0 spiro atoms. The largest absolute Gasteiger partial charge is 0.349 e. The Morgan fingerprint density at radius 3 is 2.90 bits per heavy atom. The molecule has 0 radical (unpaired) electrons. The molecule has 21 heavy (non-hydrogen) atoms. The van der Waals surface area contributed by atoms with Crippen molar-refractivity contribution in [2.75, 3.05) is 36.1 Å². The fraction of sp³-hybridized carbons (Fsp3) is 0.643. The number of rotatable bonds is 2. The average Bonchev–Trinajstić information content (AvgIpc) is 2.61. The molecule has 1 aromatic heterocycles. The van der Waals surface area contributed by atoms with E-state index in [1.54, 1.807) is 11.8 Å². The Morgan fingerprint density at radius 1 is 1.38 bits per heavy atom. The van der Waals surface area contributed by atoms with Crippen molar-refractivity contribution in [2.24, 2.45) is 0 Å². The molecule has 3 heterocycles. The summed E-state index contributed by atoms with van der Waals surface area (Å²) >= 11 is 1.56. The maximum Gasteiger partial charge on any atom is 0.226 e. The zero-order chi connectivity index (χ0) is 15.0. The Kier molecular flexibility index (Phi) is 4.03. The van der Waals surface area contributed by atoms with Gasteiger partial charge >= 0.3 is 0 Å². The van der Waals surface area contributed by atoms with Gasteiger partial charge in [0.25, 0.3) is 0 Å². The summed E-state index contributed by atoms with van der Waals surface area (Å²) in [4.78, 5) is 23.8. The molecule has 1 unspecified atom stereocenters. The second-order valence-corrected chi connectivity index (χ2v) is 6.54. The van der Waals surface area contributed by atoms with E-state index in [0.29, 0.717) is 6.42 Å². The first kappa shape index (κ1) is 14.6. The first-order chi connectivity index (χ1) is 10.1. The van der Waals surface area contributed by atoms with E-state index in [1.807, 2.05) is 6.26 Å². The smallest absolute Gasteiger partial charge is 0.226 e. The molecule has 0 aliphatic carbocycles. The molecule has 7 heteroatoms. The highest BCUT2D eigenvalue weighted by Gasteiger charge is 2.33. The van der Waals surface area contributed by atoms with Crippen molar-refractivity contribution in [3.63, 3.8) is 0 Å². The maximum absolute atomic E-state index is 12.2. The number of carbonyl (C=O) groups is 1. The van der Waals surface area contributed by atoms with Crippen LogP contribution in [0.2, 0.25) is 0 Å². The minimum absolute atomic E-state index is 0.0450. The van der Waals surface area contributed by atoms with E-state index < -0.39 is 0 Å². The molecule has 1 fully saturated rings. The number of fused-ring (bicyclic) bond motifs is 3. The topological polar surface area (TPSA) is 70.1 Å². The molecule has 1 aromatic rings. The summed E-state index contributed by atoms with van der Waals surface area (Å²) in [5.41, 5.74) is 0.779. The van der Waals surface area contributed by atoms with Gasteiger partial charge in [-0.05, 0) is 6.26 Å². The lowest BCUT2D eigenvalue weighted by Gasteiger charge is -2.36. The van der Waals surface area contributed by atoms with Gasteiger partial charge in [-0.15, -0.1) is 11.8 Å². The zero-order valence-electron chi connectivity index (χ0n) is 12.6. The first-order valence-corrected chi connectivity index (χ1v) is 8.55. The van der Waals surface area contributed by atoms with Crippen LogP contribution in [-0.2, 0) is 4.79 Å². The van der Waals surface area contributed by atoms with E-state index >= 15 is 0 Å². The van der Waals surface area contributed by atoms with Crippen molar-refractivity contribution in [3.8, 4) is 0 Å². The maximum atomic E-state index is 12.2. The fourth-order valence-corrected chi connectivity index (χ4v) is 3.33. The van der Waals surface area contributed by atoms with Gasteiger partial charge in [0.1, 0.15) is 16.5 Å². The molecule has 2 aliphatic heterocycles. The number of aromatic nitrogens is 2. The summed E-state index contributed by atoms with van der Waals surface area (Å²) < 4.78 is 0. The highest BCUT2D eigenvalue weighted by Crippen LogP contribution is 2.37. The van der Waals surface area contributed by atoms with Gasteiger partial charge in [-0.25, -0.2) is 9.97 Å². The van der Waals surface area contributed by atoms with Crippen LogP contribution in [0.4, 0.5) is 11.5 Å². The predicted molar refractivity (Wildman–Crippen MR) is 85.2 cm³/mol. The third-order valence-electron chi connectivity index (χ3n) is 3.89. The van der Waals surface area contributed by atoms with E-state index in [9.17, 15) is 4.79 Å². The molecule has 0 saturated carbocycles. The second-order valence-electron chi connectivity index (χ2n) is 5.75. The number of piperazine rings is 1. The number of nitrogens with zero attached hydrogens (tertiary/aromatic N) is 3. The summed E-state index contributed by atoms with van der Waals surface area (Å²) in [7, 11) is 0. The van der Waals surface area contributed by atoms with E-state index in [2.05, 4.69) is 34.4 Å². The number of nitrogens with one attached hydrogen (secondary N) is 2. The normalized spacial score (nSPS) is 21.6. The van der Waals surface area contributed by atoms with Gasteiger partial charge in [0.05, 0.1) is 6.04 Å². The van der Waals surface area contributed by atoms with Crippen molar-refractivity contribution < 1.29 is 4.79 Å². The molecule has 1 saturated heterocycles. The summed E-state index contributed by atoms with van der Waals surface area (Å²) in [6.07, 6.45) is 2.48. The summed E-state index contributed by atoms with van der Waals surface area (Å²) in [5, 5.41) is 7.23. The van der Waals surface area contributed by atoms with Gasteiger partial charge in [-0.1, -0.05) is 13.8 Å². The number of amides is 1. The lowest BCUT2D eigenvalue weighted by atomic mass is 10.1. The molecule has 0 aromatic carbocycles. The van der Waals surface area contributed by atoms with Crippen LogP contribution in [0.15, 0.2) is 5.03 Å². The first-order valence-electron chi connectivity index (χ1n) is 7.33. The molecule has 1 atom stereocenters. The Morgan fingerprint density at radius 2 is 2.19 bits per heavy atom. The number of anilines is 2. The van der Waals surface area contributed by atoms with Crippen molar-refractivity contribution >= 4 is 29.2 Å². The summed E-state index contributed by atoms with van der Waals surface area (Å²) in [6.45, 7) is 6.80. The van der Waals surface area contributed by atoms with E-state index in [4.69, 9.17) is 4.98 Å². The molecule has 0 bridgehead atoms. The second kappa shape index (κ2) is 5.81. The van der Waals surface area contributed by atoms with Gasteiger partial charge in [0, 0.05) is 32.0 Å². The third-order valence-corrected chi connectivity index (χ3v) is 4.57. The Labute approximate surface area is 129 Å². The quantitative estimate of drug-likeness (QED) is 0.636. The van der Waals surface area contributed by atoms with Crippen LogP contribution in [0.25, 0.3) is 0 Å². The van der Waals surface area contributed by atoms with Crippen LogP contribution in [0, 0.1) is 0 Å². The molecule has 1 amide bonds. The van der Waals surface area contributed by atoms with Crippen LogP contribution in [0.5, 0.6) is 0 Å². The van der Waals surface area contributed by atoms with Crippen LogP contribution in [-0.4, -0.2) is 47.8 Å². The van der Waals surface area contributed by atoms with Gasteiger partial charge in [-0.3, -0.25) is 4.79 Å². The minimum atomic E-state index is 0.0450. The third kappa shape index (κ3) is 2.72. The molecule has 3 rings (SSSR count). The molecular weight excluding hydrogens is 286 g/mol. The summed E-state index contributed by atoms with van der Waals surface area (Å²) in [5.74, 6) is 2.03. The van der Waals surface area contributed by atoms with Crippen molar-refractivity contribution in [3.05, 3.63) is 5.82 Å². The van der Waals surface area contributed by atoms with Crippen LogP contribution < -0.4 is 15.5 Å². The van der Waals surface area contributed by atoms with Crippen molar-refractivity contribution in [2.45, 2.75) is 37.3 Å². The van der Waals surface area contributed by atoms with E-state index in [-0.39, 0.29) is 17.9 Å². The Bertz CT molecular complexity index is 563. The average molecular weight is 307 g/mol. The van der Waals surface area contributed by atoms with Crippen LogP contribution >= 0.6 is 11.8 Å². The lowest BCUT2D eigenvalue weighted by Crippen LogP contribution is -2.52. The monoisotopic (exact) mass is 307 g/mol. The van der Waals surface area contributed by atoms with Gasteiger partial charge in [0.2, 0.25) is 5.91 Å². The number of hydrogen-bond acceptors (Lipinski definition) is 6. The molecular formula is C14H21N5OS. The van der Waals surface area contributed by atoms with Crippen LogP contribution in [0.3, 0.4) is 0 Å². The highest BCUT2D eigenvalue weighted by molar-refractivity contribution is 7.98. The number of thioether (sulfide) groups is 1. The Balaban J connectivity index is 2.14. The molecule has 6 nitrogen and oxygen atoms in total. The lowest BCUT2D eigenvalue weighted by molar-refractivity contribution is -0.116. The van der Waals surface area contributed by atoms with Gasteiger partial charge in [0.15, 0.2) is 5.82 Å². The molecule has 2 aliphatic rings. The number of hydrogen-bond donors (Lipinski definition) is 2. The van der Waals surface area contributed by atoms with Gasteiger partial charge in [-0.2, -0.15) is 0 Å². The van der Waals surface area contributed by atoms with Crippen molar-refractivity contribution in [1.29, 1.82) is 0 Å². The number of carbonyl (C=O) groups excluding carboxylic acids is 1. The molecule has 114 valence electrons. The Hall–Kier alpha value is -1.34. The summed E-state index contributed by atoms with van der Waals surface area (Å²) in [6, 6.07) is 0.171. The SMILES string of the molecule is CSc1nc(C(C)C)nc2c1NC(=O)CC1CNCCN21. The van der Waals surface area contributed by atoms with Crippen molar-refractivity contribution in [1.82, 2.24) is 15.3 Å². The minimum Gasteiger partial charge on any atom is -0.349 e. The van der Waals surface area contributed by atoms with Gasteiger partial charge < -0.3 is 15.5 Å². The predicted octanol–water partition coefficient (Wildman–Crippen LogP) is 1.44. The highest BCUT2D eigenvalue weighted by atomic mass is 32.2. The standard InChI is InChI=1S/C14H21N5OS/c1-8(2)12-17-13-11(14(18-12)21-3)16-10(20)6-9-7-15-4-5-19(9)13/h8-9,15H,4-7H2,1-3H3,(H,16,20). The van der Waals surface area contributed by atoms with E-state index in [1.165, 1.54) is 0 Å². The zero-order valence-corrected chi connectivity index (χ0v) is 13.5.